The standard InChI is InChI=1S/C20H28N2O2/c1-14(2)22-15(3)12-19(16(22)4)20(23)13-21-11-10-17-6-8-18(24-5)9-7-17/h6-9,12,14,21H,10-11,13H2,1-5H3. The van der Waals surface area contributed by atoms with Crippen LogP contribution in [0.25, 0.3) is 0 Å². The smallest absolute Gasteiger partial charge is 0.178 e. The third-order valence-corrected chi connectivity index (χ3v) is 4.34. The van der Waals surface area contributed by atoms with Gasteiger partial charge >= 0.3 is 0 Å². The molecular weight excluding hydrogens is 300 g/mol. The molecule has 2 rings (SSSR count). The quantitative estimate of drug-likeness (QED) is 0.593. The van der Waals surface area contributed by atoms with Crippen molar-refractivity contribution in [2.75, 3.05) is 20.2 Å². The number of benzene rings is 1. The van der Waals surface area contributed by atoms with Crippen LogP contribution >= 0.6 is 0 Å². The maximum atomic E-state index is 12.5. The van der Waals surface area contributed by atoms with Crippen molar-refractivity contribution in [3.05, 3.63) is 52.8 Å². The molecule has 1 N–H and O–H groups in total. The van der Waals surface area contributed by atoms with E-state index in [1.807, 2.05) is 25.1 Å². The molecule has 4 nitrogen and oxygen atoms in total. The normalized spacial score (nSPS) is 11.1. The van der Waals surface area contributed by atoms with Crippen molar-refractivity contribution >= 4 is 5.78 Å². The second-order valence-corrected chi connectivity index (χ2v) is 6.45. The van der Waals surface area contributed by atoms with Crippen molar-refractivity contribution in [2.45, 2.75) is 40.2 Å². The molecule has 0 radical (unpaired) electrons. The lowest BCUT2D eigenvalue weighted by molar-refractivity contribution is 0.0990. The van der Waals surface area contributed by atoms with Crippen LogP contribution in [-0.2, 0) is 6.42 Å². The lowest BCUT2D eigenvalue weighted by Crippen LogP contribution is -2.25. The zero-order chi connectivity index (χ0) is 17.7. The SMILES string of the molecule is COc1ccc(CCNCC(=O)c2cc(C)n(C(C)C)c2C)cc1. The van der Waals surface area contributed by atoms with Crippen LogP contribution in [0.15, 0.2) is 30.3 Å². The molecule has 0 atom stereocenters. The van der Waals surface area contributed by atoms with E-state index in [1.54, 1.807) is 7.11 Å². The minimum absolute atomic E-state index is 0.157. The largest absolute Gasteiger partial charge is 0.497 e. The summed E-state index contributed by atoms with van der Waals surface area (Å²) in [7, 11) is 1.67. The van der Waals surface area contributed by atoms with Crippen LogP contribution in [0, 0.1) is 13.8 Å². The maximum absolute atomic E-state index is 12.5. The number of methoxy groups -OCH3 is 1. The van der Waals surface area contributed by atoms with Crippen LogP contribution < -0.4 is 10.1 Å². The number of aromatic nitrogens is 1. The van der Waals surface area contributed by atoms with E-state index < -0.39 is 0 Å². The summed E-state index contributed by atoms with van der Waals surface area (Å²) in [6.07, 6.45) is 0.891. The highest BCUT2D eigenvalue weighted by Crippen LogP contribution is 2.20. The third-order valence-electron chi connectivity index (χ3n) is 4.34. The van der Waals surface area contributed by atoms with E-state index in [9.17, 15) is 4.79 Å². The van der Waals surface area contributed by atoms with Crippen LogP contribution in [0.5, 0.6) is 5.75 Å². The van der Waals surface area contributed by atoms with Gasteiger partial charge in [0.1, 0.15) is 5.75 Å². The Morgan fingerprint density at radius 1 is 1.21 bits per heavy atom. The molecule has 0 bridgehead atoms. The molecule has 2 aromatic rings. The van der Waals surface area contributed by atoms with Gasteiger partial charge in [-0.25, -0.2) is 0 Å². The van der Waals surface area contributed by atoms with Crippen molar-refractivity contribution in [2.24, 2.45) is 0 Å². The topological polar surface area (TPSA) is 43.3 Å². The van der Waals surface area contributed by atoms with Gasteiger partial charge in [-0.05, 0) is 64.4 Å². The molecule has 4 heteroatoms. The van der Waals surface area contributed by atoms with E-state index in [0.717, 1.165) is 35.7 Å². The molecular formula is C20H28N2O2. The summed E-state index contributed by atoms with van der Waals surface area (Å²) in [4.78, 5) is 12.5. The van der Waals surface area contributed by atoms with Crippen molar-refractivity contribution < 1.29 is 9.53 Å². The number of aryl methyl sites for hydroxylation is 1. The molecule has 24 heavy (non-hydrogen) atoms. The van der Waals surface area contributed by atoms with Gasteiger partial charge < -0.3 is 14.6 Å². The van der Waals surface area contributed by atoms with Crippen LogP contribution in [-0.4, -0.2) is 30.5 Å². The second kappa shape index (κ2) is 8.15. The summed E-state index contributed by atoms with van der Waals surface area (Å²) in [6, 6.07) is 10.4. The fourth-order valence-electron chi connectivity index (χ4n) is 3.18. The third kappa shape index (κ3) is 4.26. The molecule has 1 aromatic carbocycles. The van der Waals surface area contributed by atoms with Gasteiger partial charge in [0.15, 0.2) is 5.78 Å². The molecule has 0 aliphatic heterocycles. The number of carbonyl (C=O) groups is 1. The Morgan fingerprint density at radius 2 is 1.88 bits per heavy atom. The lowest BCUT2D eigenvalue weighted by atomic mass is 10.1. The molecule has 130 valence electrons. The highest BCUT2D eigenvalue weighted by molar-refractivity contribution is 5.99. The van der Waals surface area contributed by atoms with Crippen LogP contribution in [0.1, 0.15) is 47.2 Å². The Labute approximate surface area is 144 Å². The maximum Gasteiger partial charge on any atom is 0.178 e. The molecule has 1 heterocycles. The van der Waals surface area contributed by atoms with E-state index in [0.29, 0.717) is 12.6 Å². The van der Waals surface area contributed by atoms with Gasteiger partial charge in [0, 0.05) is 23.0 Å². The lowest BCUT2D eigenvalue weighted by Gasteiger charge is -2.13. The number of ether oxygens (including phenoxy) is 1. The molecule has 0 saturated carbocycles. The average Bonchev–Trinajstić information content (AvgIpc) is 2.86. The van der Waals surface area contributed by atoms with Gasteiger partial charge in [-0.1, -0.05) is 12.1 Å². The Kier molecular flexibility index (Phi) is 6.21. The van der Waals surface area contributed by atoms with Crippen LogP contribution in [0.2, 0.25) is 0 Å². The van der Waals surface area contributed by atoms with Gasteiger partial charge in [-0.2, -0.15) is 0 Å². The number of nitrogens with zero attached hydrogens (tertiary/aromatic N) is 1. The second-order valence-electron chi connectivity index (χ2n) is 6.45. The fourth-order valence-corrected chi connectivity index (χ4v) is 3.18. The predicted molar refractivity (Wildman–Crippen MR) is 98.2 cm³/mol. The fraction of sp³-hybridized carbons (Fsp3) is 0.450. The molecule has 0 saturated heterocycles. The first kappa shape index (κ1) is 18.3. The van der Waals surface area contributed by atoms with Gasteiger partial charge in [0.2, 0.25) is 0 Å². The van der Waals surface area contributed by atoms with Crippen molar-refractivity contribution in [3.8, 4) is 5.75 Å². The molecule has 0 unspecified atom stereocenters. The summed E-state index contributed by atoms with van der Waals surface area (Å²) in [6.45, 7) is 9.51. The van der Waals surface area contributed by atoms with Crippen molar-refractivity contribution in [1.29, 1.82) is 0 Å². The Balaban J connectivity index is 1.86. The van der Waals surface area contributed by atoms with Crippen molar-refractivity contribution in [3.63, 3.8) is 0 Å². The van der Waals surface area contributed by atoms with Gasteiger partial charge in [0.25, 0.3) is 0 Å². The number of rotatable bonds is 8. The number of hydrogen-bond acceptors (Lipinski definition) is 3. The first-order valence-corrected chi connectivity index (χ1v) is 8.49. The molecule has 0 fully saturated rings. The summed E-state index contributed by atoms with van der Waals surface area (Å²) in [5, 5.41) is 3.26. The number of ketones is 1. The first-order valence-electron chi connectivity index (χ1n) is 8.49. The van der Waals surface area contributed by atoms with Gasteiger partial charge in [0.05, 0.1) is 13.7 Å². The minimum Gasteiger partial charge on any atom is -0.497 e. The number of carbonyl (C=O) groups excluding carboxylic acids is 1. The summed E-state index contributed by atoms with van der Waals surface area (Å²) >= 11 is 0. The average molecular weight is 328 g/mol. The van der Waals surface area contributed by atoms with E-state index in [1.165, 1.54) is 5.56 Å². The van der Waals surface area contributed by atoms with E-state index >= 15 is 0 Å². The van der Waals surface area contributed by atoms with Crippen molar-refractivity contribution in [1.82, 2.24) is 9.88 Å². The first-order chi connectivity index (χ1) is 11.4. The van der Waals surface area contributed by atoms with E-state index in [-0.39, 0.29) is 5.78 Å². The van der Waals surface area contributed by atoms with Crippen LogP contribution in [0.3, 0.4) is 0 Å². The zero-order valence-electron chi connectivity index (χ0n) is 15.3. The molecule has 0 aliphatic carbocycles. The Bertz CT molecular complexity index is 684. The minimum atomic E-state index is 0.157. The monoisotopic (exact) mass is 328 g/mol. The highest BCUT2D eigenvalue weighted by Gasteiger charge is 2.16. The number of nitrogens with one attached hydrogen (secondary N) is 1. The number of Topliss-reactive ketones (excluding diaryl/α,β-unsaturated/α-hetero) is 1. The highest BCUT2D eigenvalue weighted by atomic mass is 16.5. The van der Waals surface area contributed by atoms with Crippen LogP contribution in [0.4, 0.5) is 0 Å². The summed E-state index contributed by atoms with van der Waals surface area (Å²) < 4.78 is 7.37. The molecule has 0 amide bonds. The molecule has 0 spiro atoms. The van der Waals surface area contributed by atoms with E-state index in [2.05, 4.69) is 42.8 Å². The van der Waals surface area contributed by atoms with E-state index in [4.69, 9.17) is 4.74 Å². The predicted octanol–water partition coefficient (Wildman–Crippen LogP) is 3.71. The molecule has 1 aromatic heterocycles. The zero-order valence-corrected chi connectivity index (χ0v) is 15.3. The van der Waals surface area contributed by atoms with Gasteiger partial charge in [-0.3, -0.25) is 4.79 Å². The number of hydrogen-bond donors (Lipinski definition) is 1. The van der Waals surface area contributed by atoms with Gasteiger partial charge in [-0.15, -0.1) is 0 Å². The Morgan fingerprint density at radius 3 is 2.42 bits per heavy atom. The molecule has 0 aliphatic rings. The summed E-state index contributed by atoms with van der Waals surface area (Å²) in [5.41, 5.74) is 4.26. The Hall–Kier alpha value is -2.07. The summed E-state index contributed by atoms with van der Waals surface area (Å²) in [5.74, 6) is 1.02.